The molecule has 0 atom stereocenters. The van der Waals surface area contributed by atoms with Gasteiger partial charge in [0.2, 0.25) is 0 Å². The average Bonchev–Trinajstić information content (AvgIpc) is 2.73. The monoisotopic (exact) mass is 156 g/mol. The Morgan fingerprint density at radius 1 is 1.18 bits per heavy atom. The molecule has 1 aliphatic rings. The predicted molar refractivity (Wildman–Crippen MR) is 48.3 cm³/mol. The Morgan fingerprint density at radius 3 is 2.09 bits per heavy atom. The first-order valence-electron chi connectivity index (χ1n) is 4.88. The van der Waals surface area contributed by atoms with Crippen molar-refractivity contribution in [1.82, 2.24) is 10.4 Å². The number of hydrazine groups is 1. The summed E-state index contributed by atoms with van der Waals surface area (Å²) in [5, 5.41) is 2.37. The van der Waals surface area contributed by atoms with Gasteiger partial charge in [-0.1, -0.05) is 13.8 Å². The molecule has 1 rings (SSSR count). The van der Waals surface area contributed by atoms with E-state index in [1.807, 2.05) is 0 Å². The third-order valence-electron chi connectivity index (χ3n) is 1.93. The van der Waals surface area contributed by atoms with Crippen LogP contribution in [0.5, 0.6) is 0 Å². The van der Waals surface area contributed by atoms with Gasteiger partial charge in [0.1, 0.15) is 0 Å². The zero-order valence-corrected chi connectivity index (χ0v) is 7.77. The molecule has 0 spiro atoms. The Hall–Kier alpha value is -0.0800. The lowest BCUT2D eigenvalue weighted by atomic mass is 10.4. The van der Waals surface area contributed by atoms with Crippen molar-refractivity contribution in [2.24, 2.45) is 0 Å². The van der Waals surface area contributed by atoms with Gasteiger partial charge in [-0.3, -0.25) is 5.43 Å². The van der Waals surface area contributed by atoms with E-state index in [-0.39, 0.29) is 0 Å². The van der Waals surface area contributed by atoms with Gasteiger partial charge in [0.15, 0.2) is 0 Å². The van der Waals surface area contributed by atoms with Crippen molar-refractivity contribution in [3.05, 3.63) is 0 Å². The molecule has 0 aromatic carbocycles. The molecule has 0 aliphatic heterocycles. The largest absolute Gasteiger partial charge is 0.252 e. The summed E-state index contributed by atoms with van der Waals surface area (Å²) in [6.45, 7) is 6.86. The molecule has 0 saturated heterocycles. The molecule has 1 N–H and O–H groups in total. The van der Waals surface area contributed by atoms with Crippen LogP contribution < -0.4 is 5.43 Å². The lowest BCUT2D eigenvalue weighted by molar-refractivity contribution is 0.183. The molecule has 0 bridgehead atoms. The first-order chi connectivity index (χ1) is 5.36. The van der Waals surface area contributed by atoms with Gasteiger partial charge in [-0.15, -0.1) is 0 Å². The summed E-state index contributed by atoms with van der Waals surface area (Å²) in [6.07, 6.45) is 5.26. The molecule has 2 nitrogen and oxygen atoms in total. The fraction of sp³-hybridized carbons (Fsp3) is 1.00. The van der Waals surface area contributed by atoms with Crippen LogP contribution in [0.4, 0.5) is 0 Å². The minimum absolute atomic E-state index is 0.813. The minimum Gasteiger partial charge on any atom is -0.252 e. The second-order valence-electron chi connectivity index (χ2n) is 3.39. The maximum Gasteiger partial charge on any atom is 0.0216 e. The molecular weight excluding hydrogens is 136 g/mol. The summed E-state index contributed by atoms with van der Waals surface area (Å²) in [5.41, 5.74) is 3.53. The van der Waals surface area contributed by atoms with E-state index in [0.29, 0.717) is 0 Å². The standard InChI is InChI=1S/C9H20N2/c1-3-7-11(8-4-2)10-9-5-6-9/h9-10H,3-8H2,1-2H3. The normalized spacial score (nSPS) is 17.7. The van der Waals surface area contributed by atoms with Crippen molar-refractivity contribution in [3.8, 4) is 0 Å². The molecule has 1 aliphatic carbocycles. The summed E-state index contributed by atoms with van der Waals surface area (Å²) in [5.74, 6) is 0. The molecular formula is C9H20N2. The number of nitrogens with one attached hydrogen (secondary N) is 1. The van der Waals surface area contributed by atoms with Crippen molar-refractivity contribution >= 4 is 0 Å². The number of rotatable bonds is 6. The molecule has 1 saturated carbocycles. The van der Waals surface area contributed by atoms with Crippen molar-refractivity contribution in [2.75, 3.05) is 13.1 Å². The first kappa shape index (κ1) is 9.01. The highest BCUT2D eigenvalue weighted by atomic mass is 15.5. The van der Waals surface area contributed by atoms with Crippen LogP contribution >= 0.6 is 0 Å². The van der Waals surface area contributed by atoms with Gasteiger partial charge >= 0.3 is 0 Å². The Labute approximate surface area is 69.9 Å². The van der Waals surface area contributed by atoms with Crippen molar-refractivity contribution in [1.29, 1.82) is 0 Å². The van der Waals surface area contributed by atoms with Crippen LogP contribution in [0.25, 0.3) is 0 Å². The van der Waals surface area contributed by atoms with Crippen LogP contribution in [0.1, 0.15) is 39.5 Å². The summed E-state index contributed by atoms with van der Waals surface area (Å²) in [4.78, 5) is 0. The zero-order chi connectivity index (χ0) is 8.10. The SMILES string of the molecule is CCCN(CCC)NC1CC1. The van der Waals surface area contributed by atoms with Crippen LogP contribution in [0.3, 0.4) is 0 Å². The van der Waals surface area contributed by atoms with Gasteiger partial charge in [-0.25, -0.2) is 5.01 Å². The van der Waals surface area contributed by atoms with Crippen LogP contribution in [0.15, 0.2) is 0 Å². The summed E-state index contributed by atoms with van der Waals surface area (Å²) < 4.78 is 0. The minimum atomic E-state index is 0.813. The highest BCUT2D eigenvalue weighted by molar-refractivity contribution is 4.79. The maximum atomic E-state index is 3.53. The smallest absolute Gasteiger partial charge is 0.0216 e. The molecule has 11 heavy (non-hydrogen) atoms. The van der Waals surface area contributed by atoms with Crippen LogP contribution in [-0.2, 0) is 0 Å². The number of nitrogens with zero attached hydrogens (tertiary/aromatic N) is 1. The Morgan fingerprint density at radius 2 is 1.73 bits per heavy atom. The lowest BCUT2D eigenvalue weighted by Crippen LogP contribution is -2.40. The first-order valence-corrected chi connectivity index (χ1v) is 4.88. The Kier molecular flexibility index (Phi) is 3.87. The van der Waals surface area contributed by atoms with E-state index in [9.17, 15) is 0 Å². The van der Waals surface area contributed by atoms with Crippen molar-refractivity contribution < 1.29 is 0 Å². The molecule has 0 radical (unpaired) electrons. The Balaban J connectivity index is 2.08. The van der Waals surface area contributed by atoms with E-state index in [2.05, 4.69) is 24.3 Å². The number of hydrogen-bond donors (Lipinski definition) is 1. The topological polar surface area (TPSA) is 15.3 Å². The van der Waals surface area contributed by atoms with E-state index >= 15 is 0 Å². The van der Waals surface area contributed by atoms with Crippen molar-refractivity contribution in [3.63, 3.8) is 0 Å². The third kappa shape index (κ3) is 3.73. The highest BCUT2D eigenvalue weighted by Gasteiger charge is 2.22. The molecule has 0 unspecified atom stereocenters. The molecule has 66 valence electrons. The zero-order valence-electron chi connectivity index (χ0n) is 7.77. The van der Waals surface area contributed by atoms with Crippen LogP contribution in [0.2, 0.25) is 0 Å². The van der Waals surface area contributed by atoms with Gasteiger partial charge < -0.3 is 0 Å². The molecule has 1 fully saturated rings. The molecule has 0 heterocycles. The molecule has 0 aromatic rings. The van der Waals surface area contributed by atoms with Gasteiger partial charge in [0.25, 0.3) is 0 Å². The molecule has 0 aromatic heterocycles. The Bertz CT molecular complexity index is 93.7. The third-order valence-corrected chi connectivity index (χ3v) is 1.93. The molecule has 0 amide bonds. The van der Waals surface area contributed by atoms with E-state index in [0.717, 1.165) is 6.04 Å². The maximum absolute atomic E-state index is 3.53. The van der Waals surface area contributed by atoms with Crippen molar-refractivity contribution in [2.45, 2.75) is 45.6 Å². The van der Waals surface area contributed by atoms with Gasteiger partial charge in [-0.2, -0.15) is 0 Å². The summed E-state index contributed by atoms with van der Waals surface area (Å²) in [7, 11) is 0. The number of hydrogen-bond acceptors (Lipinski definition) is 2. The van der Waals surface area contributed by atoms with Gasteiger partial charge in [-0.05, 0) is 25.7 Å². The second-order valence-corrected chi connectivity index (χ2v) is 3.39. The summed E-state index contributed by atoms with van der Waals surface area (Å²) >= 11 is 0. The van der Waals surface area contributed by atoms with E-state index in [1.54, 1.807) is 0 Å². The quantitative estimate of drug-likeness (QED) is 0.590. The van der Waals surface area contributed by atoms with E-state index < -0.39 is 0 Å². The van der Waals surface area contributed by atoms with Crippen LogP contribution in [-0.4, -0.2) is 24.1 Å². The summed E-state index contributed by atoms with van der Waals surface area (Å²) in [6, 6.07) is 0.813. The fourth-order valence-electron chi connectivity index (χ4n) is 1.25. The predicted octanol–water partition coefficient (Wildman–Crippen LogP) is 1.78. The fourth-order valence-corrected chi connectivity index (χ4v) is 1.25. The van der Waals surface area contributed by atoms with Crippen LogP contribution in [0, 0.1) is 0 Å². The molecule has 2 heteroatoms. The second kappa shape index (κ2) is 4.73. The lowest BCUT2D eigenvalue weighted by Gasteiger charge is -2.21. The van der Waals surface area contributed by atoms with Gasteiger partial charge in [0.05, 0.1) is 0 Å². The van der Waals surface area contributed by atoms with E-state index in [1.165, 1.54) is 38.8 Å². The average molecular weight is 156 g/mol. The highest BCUT2D eigenvalue weighted by Crippen LogP contribution is 2.19. The van der Waals surface area contributed by atoms with Gasteiger partial charge in [0, 0.05) is 19.1 Å². The van der Waals surface area contributed by atoms with E-state index in [4.69, 9.17) is 0 Å².